The molecule has 1 aromatic heterocycles. The summed E-state index contributed by atoms with van der Waals surface area (Å²) in [6, 6.07) is 0. The molecule has 1 aliphatic heterocycles. The zero-order valence-corrected chi connectivity index (χ0v) is 11.3. The Balaban J connectivity index is 1.74. The molecule has 106 valence electrons. The molecular weight excluding hydrogens is 244 g/mol. The number of aliphatic hydroxyl groups excluding tert-OH is 2. The molecule has 2 heterocycles. The SMILES string of the molecule is Cc1nccnc1NCCN1CCC(CO)C(O)C1. The number of hydrogen-bond acceptors (Lipinski definition) is 6. The van der Waals surface area contributed by atoms with E-state index in [-0.39, 0.29) is 12.5 Å². The molecule has 0 aliphatic carbocycles. The molecule has 1 aliphatic rings. The van der Waals surface area contributed by atoms with Crippen LogP contribution in [0.1, 0.15) is 12.1 Å². The normalized spacial score (nSPS) is 24.4. The summed E-state index contributed by atoms with van der Waals surface area (Å²) in [6.45, 7) is 5.18. The smallest absolute Gasteiger partial charge is 0.147 e. The number of nitrogens with one attached hydrogen (secondary N) is 1. The molecule has 6 nitrogen and oxygen atoms in total. The zero-order valence-electron chi connectivity index (χ0n) is 11.3. The van der Waals surface area contributed by atoms with E-state index in [1.807, 2.05) is 6.92 Å². The summed E-state index contributed by atoms with van der Waals surface area (Å²) < 4.78 is 0. The van der Waals surface area contributed by atoms with Crippen molar-refractivity contribution >= 4 is 5.82 Å². The van der Waals surface area contributed by atoms with Crippen LogP contribution in [0.5, 0.6) is 0 Å². The van der Waals surface area contributed by atoms with Crippen molar-refractivity contribution in [2.75, 3.05) is 38.1 Å². The Morgan fingerprint density at radius 2 is 2.21 bits per heavy atom. The molecule has 1 fully saturated rings. The Morgan fingerprint density at radius 3 is 2.89 bits per heavy atom. The largest absolute Gasteiger partial charge is 0.396 e. The predicted octanol–water partition coefficient (Wildman–Crippen LogP) is -0.128. The summed E-state index contributed by atoms with van der Waals surface area (Å²) in [4.78, 5) is 10.6. The van der Waals surface area contributed by atoms with Crippen molar-refractivity contribution in [3.8, 4) is 0 Å². The van der Waals surface area contributed by atoms with E-state index in [2.05, 4.69) is 20.2 Å². The fraction of sp³-hybridized carbons (Fsp3) is 0.692. The molecule has 0 amide bonds. The molecular formula is C13H22N4O2. The van der Waals surface area contributed by atoms with E-state index in [0.717, 1.165) is 37.6 Å². The standard InChI is InChI=1S/C13H22N4O2/c1-10-13(15-4-3-14-10)16-5-7-17-6-2-11(9-18)12(19)8-17/h3-4,11-12,18-19H,2,5-9H2,1H3,(H,15,16). The maximum absolute atomic E-state index is 9.86. The van der Waals surface area contributed by atoms with Gasteiger partial charge in [0, 0.05) is 44.6 Å². The minimum atomic E-state index is -0.419. The van der Waals surface area contributed by atoms with Crippen molar-refractivity contribution in [1.29, 1.82) is 0 Å². The summed E-state index contributed by atoms with van der Waals surface area (Å²) in [5.41, 5.74) is 0.890. The Morgan fingerprint density at radius 1 is 1.42 bits per heavy atom. The Kier molecular flexibility index (Phi) is 5.07. The lowest BCUT2D eigenvalue weighted by atomic mass is 9.95. The van der Waals surface area contributed by atoms with Crippen LogP contribution in [0.15, 0.2) is 12.4 Å². The van der Waals surface area contributed by atoms with E-state index in [1.54, 1.807) is 12.4 Å². The number of anilines is 1. The predicted molar refractivity (Wildman–Crippen MR) is 72.9 cm³/mol. The van der Waals surface area contributed by atoms with Gasteiger partial charge in [-0.1, -0.05) is 0 Å². The minimum Gasteiger partial charge on any atom is -0.396 e. The van der Waals surface area contributed by atoms with Crippen LogP contribution in [0.3, 0.4) is 0 Å². The Bertz CT molecular complexity index is 402. The molecule has 0 radical (unpaired) electrons. The van der Waals surface area contributed by atoms with E-state index in [4.69, 9.17) is 5.11 Å². The third-order valence-electron chi connectivity index (χ3n) is 3.64. The van der Waals surface area contributed by atoms with Gasteiger partial charge in [-0.15, -0.1) is 0 Å². The average molecular weight is 266 g/mol. The third kappa shape index (κ3) is 3.86. The summed E-state index contributed by atoms with van der Waals surface area (Å²) in [5.74, 6) is 0.847. The van der Waals surface area contributed by atoms with E-state index >= 15 is 0 Å². The summed E-state index contributed by atoms with van der Waals surface area (Å²) >= 11 is 0. The van der Waals surface area contributed by atoms with Crippen LogP contribution in [0, 0.1) is 12.8 Å². The van der Waals surface area contributed by atoms with Crippen molar-refractivity contribution in [2.45, 2.75) is 19.4 Å². The van der Waals surface area contributed by atoms with Crippen LogP contribution in [0.25, 0.3) is 0 Å². The molecule has 2 unspecified atom stereocenters. The molecule has 2 atom stereocenters. The van der Waals surface area contributed by atoms with Crippen LogP contribution < -0.4 is 5.32 Å². The third-order valence-corrected chi connectivity index (χ3v) is 3.64. The van der Waals surface area contributed by atoms with Gasteiger partial charge in [0.25, 0.3) is 0 Å². The second-order valence-corrected chi connectivity index (χ2v) is 5.02. The first-order valence-electron chi connectivity index (χ1n) is 6.73. The number of aryl methyl sites for hydroxylation is 1. The second-order valence-electron chi connectivity index (χ2n) is 5.02. The topological polar surface area (TPSA) is 81.5 Å². The maximum Gasteiger partial charge on any atom is 0.147 e. The first-order chi connectivity index (χ1) is 9.20. The molecule has 6 heteroatoms. The molecule has 1 saturated heterocycles. The zero-order chi connectivity index (χ0) is 13.7. The van der Waals surface area contributed by atoms with E-state index < -0.39 is 6.10 Å². The van der Waals surface area contributed by atoms with E-state index in [0.29, 0.717) is 6.54 Å². The van der Waals surface area contributed by atoms with Gasteiger partial charge in [-0.25, -0.2) is 4.98 Å². The Labute approximate surface area is 113 Å². The number of β-amino-alcohol motifs (C(OH)–C–C–N with tert-alkyl or cyclic N) is 1. The highest BCUT2D eigenvalue weighted by Crippen LogP contribution is 2.16. The molecule has 0 spiro atoms. The highest BCUT2D eigenvalue weighted by molar-refractivity contribution is 5.38. The number of likely N-dealkylation sites (tertiary alicyclic amines) is 1. The fourth-order valence-electron chi connectivity index (χ4n) is 2.38. The van der Waals surface area contributed by atoms with Gasteiger partial charge in [0.2, 0.25) is 0 Å². The van der Waals surface area contributed by atoms with Crippen LogP contribution in [0.4, 0.5) is 5.82 Å². The molecule has 0 bridgehead atoms. The Hall–Kier alpha value is -1.24. The van der Waals surface area contributed by atoms with Crippen molar-refractivity contribution in [1.82, 2.24) is 14.9 Å². The molecule has 2 rings (SSSR count). The summed E-state index contributed by atoms with van der Waals surface area (Å²) in [5, 5.41) is 22.2. The van der Waals surface area contributed by atoms with Gasteiger partial charge < -0.3 is 15.5 Å². The molecule has 19 heavy (non-hydrogen) atoms. The maximum atomic E-state index is 9.86. The highest BCUT2D eigenvalue weighted by Gasteiger charge is 2.26. The highest BCUT2D eigenvalue weighted by atomic mass is 16.3. The van der Waals surface area contributed by atoms with Gasteiger partial charge in [-0.3, -0.25) is 9.88 Å². The average Bonchev–Trinajstić information content (AvgIpc) is 2.41. The number of hydrogen-bond donors (Lipinski definition) is 3. The lowest BCUT2D eigenvalue weighted by Crippen LogP contribution is -2.46. The summed E-state index contributed by atoms with van der Waals surface area (Å²) in [6.07, 6.45) is 3.78. The first-order valence-corrected chi connectivity index (χ1v) is 6.73. The first kappa shape index (κ1) is 14.2. The van der Waals surface area contributed by atoms with Crippen molar-refractivity contribution < 1.29 is 10.2 Å². The van der Waals surface area contributed by atoms with Gasteiger partial charge >= 0.3 is 0 Å². The number of nitrogens with zero attached hydrogens (tertiary/aromatic N) is 3. The molecule has 1 aromatic rings. The van der Waals surface area contributed by atoms with Gasteiger partial charge in [0.05, 0.1) is 11.8 Å². The van der Waals surface area contributed by atoms with Gasteiger partial charge in [0.15, 0.2) is 0 Å². The van der Waals surface area contributed by atoms with E-state index in [9.17, 15) is 5.11 Å². The number of rotatable bonds is 5. The van der Waals surface area contributed by atoms with Crippen molar-refractivity contribution in [3.05, 3.63) is 18.1 Å². The summed E-state index contributed by atoms with van der Waals surface area (Å²) in [7, 11) is 0. The quantitative estimate of drug-likeness (QED) is 0.689. The van der Waals surface area contributed by atoms with E-state index in [1.165, 1.54) is 0 Å². The van der Waals surface area contributed by atoms with Crippen LogP contribution in [-0.4, -0.2) is 64.0 Å². The van der Waals surface area contributed by atoms with Crippen molar-refractivity contribution in [2.24, 2.45) is 5.92 Å². The monoisotopic (exact) mass is 266 g/mol. The van der Waals surface area contributed by atoms with Crippen molar-refractivity contribution in [3.63, 3.8) is 0 Å². The molecule has 3 N–H and O–H groups in total. The van der Waals surface area contributed by atoms with Gasteiger partial charge in [0.1, 0.15) is 5.82 Å². The second kappa shape index (κ2) is 6.79. The van der Waals surface area contributed by atoms with Crippen LogP contribution in [0.2, 0.25) is 0 Å². The lowest BCUT2D eigenvalue weighted by molar-refractivity contribution is -0.000448. The minimum absolute atomic E-state index is 0.0337. The van der Waals surface area contributed by atoms with Gasteiger partial charge in [-0.05, 0) is 19.9 Å². The molecule has 0 aromatic carbocycles. The molecule has 0 saturated carbocycles. The number of aliphatic hydroxyl groups is 2. The van der Waals surface area contributed by atoms with Crippen LogP contribution >= 0.6 is 0 Å². The fourth-order valence-corrected chi connectivity index (χ4v) is 2.38. The van der Waals surface area contributed by atoms with Gasteiger partial charge in [-0.2, -0.15) is 0 Å². The lowest BCUT2D eigenvalue weighted by Gasteiger charge is -2.35. The van der Waals surface area contributed by atoms with Crippen LogP contribution in [-0.2, 0) is 0 Å². The number of piperidine rings is 1. The number of aromatic nitrogens is 2.